The summed E-state index contributed by atoms with van der Waals surface area (Å²) in [6.45, 7) is 9.52. The van der Waals surface area contributed by atoms with Crippen molar-refractivity contribution >= 4 is 39.5 Å². The molecule has 17 nitrogen and oxygen atoms in total. The predicted molar refractivity (Wildman–Crippen MR) is 372 cm³/mol. The number of hydrogen-bond acceptors (Lipinski definition) is 15. The van der Waals surface area contributed by atoms with Crippen LogP contribution in [0.2, 0.25) is 0 Å². The summed E-state index contributed by atoms with van der Waals surface area (Å²) in [5, 5.41) is 10.6. The Morgan fingerprint density at radius 1 is 0.315 bits per heavy atom. The lowest BCUT2D eigenvalue weighted by molar-refractivity contribution is -0.161. The molecule has 0 aromatic carbocycles. The molecular formula is C73H142O17P2. The predicted octanol–water partition coefficient (Wildman–Crippen LogP) is 21.2. The van der Waals surface area contributed by atoms with Crippen LogP contribution in [0.3, 0.4) is 0 Å². The minimum absolute atomic E-state index is 0.104. The molecule has 0 rings (SSSR count). The van der Waals surface area contributed by atoms with Crippen molar-refractivity contribution in [2.75, 3.05) is 39.6 Å². The van der Waals surface area contributed by atoms with Gasteiger partial charge in [0.1, 0.15) is 19.3 Å². The van der Waals surface area contributed by atoms with Crippen LogP contribution in [0.25, 0.3) is 0 Å². The number of carbonyl (C=O) groups excluding carboxylic acids is 4. The van der Waals surface area contributed by atoms with E-state index in [2.05, 4.69) is 41.5 Å². The molecule has 0 radical (unpaired) electrons. The van der Waals surface area contributed by atoms with Gasteiger partial charge in [-0.2, -0.15) is 0 Å². The summed E-state index contributed by atoms with van der Waals surface area (Å²) in [7, 11) is -9.89. The number of carbonyl (C=O) groups is 4. The maximum atomic E-state index is 13.1. The van der Waals surface area contributed by atoms with Crippen LogP contribution in [0.15, 0.2) is 0 Å². The molecule has 0 bridgehead atoms. The lowest BCUT2D eigenvalue weighted by atomic mass is 9.99. The van der Waals surface area contributed by atoms with E-state index < -0.39 is 97.5 Å². The number of unbranched alkanes of at least 4 members (excludes halogenated alkanes) is 41. The van der Waals surface area contributed by atoms with Crippen molar-refractivity contribution < 1.29 is 80.2 Å². The standard InChI is InChI=1S/C73H142O17P2/c1-7-10-12-14-15-16-17-24-28-33-38-44-50-56-71(76)84-62-69(90-72(77)57-51-45-39-34-29-26-23-21-19-18-20-22-25-27-32-37-43-48-54-66(6)9-3)64-88-92(81,82)86-60-67(74)59-85-91(79,80)87-63-68(61-83-70(75)55-49-41-13-11-8-2)89-73(78)58-52-46-40-35-30-31-36-42-47-53-65(4)5/h65-69,74H,7-64H2,1-6H3,(H,79,80)(H,81,82)/t66?,67-,68+,69+/m0/s1. The summed E-state index contributed by atoms with van der Waals surface area (Å²) in [6.07, 6.45) is 51.8. The molecule has 92 heavy (non-hydrogen) atoms. The quantitative estimate of drug-likeness (QED) is 0.0222. The summed E-state index contributed by atoms with van der Waals surface area (Å²) >= 11 is 0. The fourth-order valence-electron chi connectivity index (χ4n) is 11.1. The average molecular weight is 1350 g/mol. The molecule has 0 saturated carbocycles. The molecule has 0 heterocycles. The molecule has 0 aliphatic rings. The first-order valence-electron chi connectivity index (χ1n) is 38.0. The van der Waals surface area contributed by atoms with E-state index in [1.807, 2.05) is 0 Å². The van der Waals surface area contributed by atoms with Crippen molar-refractivity contribution in [3.05, 3.63) is 0 Å². The molecule has 0 amide bonds. The van der Waals surface area contributed by atoms with E-state index in [0.717, 1.165) is 108 Å². The van der Waals surface area contributed by atoms with Gasteiger partial charge in [0.25, 0.3) is 0 Å². The summed E-state index contributed by atoms with van der Waals surface area (Å²) in [5.74, 6) is -0.524. The second-order valence-corrected chi connectivity index (χ2v) is 30.0. The van der Waals surface area contributed by atoms with Crippen LogP contribution >= 0.6 is 15.6 Å². The van der Waals surface area contributed by atoms with Crippen LogP contribution < -0.4 is 0 Å². The maximum absolute atomic E-state index is 13.1. The van der Waals surface area contributed by atoms with E-state index in [1.165, 1.54) is 186 Å². The first-order valence-corrected chi connectivity index (χ1v) is 41.0. The molecule has 546 valence electrons. The van der Waals surface area contributed by atoms with Crippen LogP contribution in [0.4, 0.5) is 0 Å². The Hall–Kier alpha value is -1.94. The number of phosphoric acid groups is 2. The molecule has 0 aromatic rings. The first kappa shape index (κ1) is 90.1. The Labute approximate surface area is 562 Å². The van der Waals surface area contributed by atoms with Gasteiger partial charge in [-0.3, -0.25) is 37.3 Å². The van der Waals surface area contributed by atoms with Gasteiger partial charge in [-0.25, -0.2) is 9.13 Å². The number of rotatable bonds is 72. The molecule has 3 N–H and O–H groups in total. The van der Waals surface area contributed by atoms with Crippen molar-refractivity contribution in [2.24, 2.45) is 11.8 Å². The van der Waals surface area contributed by atoms with Gasteiger partial charge in [0.05, 0.1) is 26.4 Å². The highest BCUT2D eigenvalue weighted by Gasteiger charge is 2.30. The highest BCUT2D eigenvalue weighted by molar-refractivity contribution is 7.47. The molecule has 6 atom stereocenters. The fourth-order valence-corrected chi connectivity index (χ4v) is 12.7. The van der Waals surface area contributed by atoms with Crippen molar-refractivity contribution in [1.29, 1.82) is 0 Å². The van der Waals surface area contributed by atoms with Gasteiger partial charge in [-0.15, -0.1) is 0 Å². The zero-order valence-corrected chi connectivity index (χ0v) is 61.6. The number of phosphoric ester groups is 2. The van der Waals surface area contributed by atoms with Gasteiger partial charge in [-0.05, 0) is 37.5 Å². The van der Waals surface area contributed by atoms with Crippen molar-refractivity contribution in [3.63, 3.8) is 0 Å². The molecule has 0 aromatic heterocycles. The van der Waals surface area contributed by atoms with Gasteiger partial charge in [0.2, 0.25) is 0 Å². The summed E-state index contributed by atoms with van der Waals surface area (Å²) < 4.78 is 68.1. The van der Waals surface area contributed by atoms with E-state index in [-0.39, 0.29) is 25.7 Å². The largest absolute Gasteiger partial charge is 0.472 e. The fraction of sp³-hybridized carbons (Fsp3) is 0.945. The maximum Gasteiger partial charge on any atom is 0.472 e. The lowest BCUT2D eigenvalue weighted by Gasteiger charge is -2.21. The molecule has 0 fully saturated rings. The van der Waals surface area contributed by atoms with Crippen LogP contribution in [-0.2, 0) is 65.4 Å². The van der Waals surface area contributed by atoms with Crippen LogP contribution in [0.1, 0.15) is 375 Å². The van der Waals surface area contributed by atoms with Gasteiger partial charge in [0, 0.05) is 25.7 Å². The Balaban J connectivity index is 5.10. The number of ether oxygens (including phenoxy) is 4. The molecule has 3 unspecified atom stereocenters. The number of hydrogen-bond donors (Lipinski definition) is 3. The number of esters is 4. The van der Waals surface area contributed by atoms with Gasteiger partial charge >= 0.3 is 39.5 Å². The van der Waals surface area contributed by atoms with Gasteiger partial charge in [-0.1, -0.05) is 324 Å². The van der Waals surface area contributed by atoms with Crippen molar-refractivity contribution in [3.8, 4) is 0 Å². The minimum Gasteiger partial charge on any atom is -0.462 e. The second kappa shape index (κ2) is 65.0. The van der Waals surface area contributed by atoms with Crippen LogP contribution in [0.5, 0.6) is 0 Å². The second-order valence-electron chi connectivity index (χ2n) is 27.1. The van der Waals surface area contributed by atoms with E-state index in [4.69, 9.17) is 37.0 Å². The molecule has 0 spiro atoms. The molecular weight excluding hydrogens is 1210 g/mol. The monoisotopic (exact) mass is 1350 g/mol. The Kier molecular flexibility index (Phi) is 63.7. The zero-order valence-electron chi connectivity index (χ0n) is 59.9. The molecule has 0 saturated heterocycles. The molecule has 0 aliphatic heterocycles. The van der Waals surface area contributed by atoms with Gasteiger partial charge < -0.3 is 33.8 Å². The molecule has 0 aliphatic carbocycles. The minimum atomic E-state index is -4.95. The molecule has 19 heteroatoms. The van der Waals surface area contributed by atoms with Crippen LogP contribution in [0, 0.1) is 11.8 Å². The van der Waals surface area contributed by atoms with E-state index >= 15 is 0 Å². The summed E-state index contributed by atoms with van der Waals surface area (Å²) in [5.41, 5.74) is 0. The summed E-state index contributed by atoms with van der Waals surface area (Å²) in [6, 6.07) is 0. The summed E-state index contributed by atoms with van der Waals surface area (Å²) in [4.78, 5) is 72.3. The number of aliphatic hydroxyl groups excluding tert-OH is 1. The van der Waals surface area contributed by atoms with Crippen molar-refractivity contribution in [1.82, 2.24) is 0 Å². The SMILES string of the molecule is CCCCCCCCCCCCCCCC(=O)OC[C@H](COP(=O)(O)OC[C@@H](O)COP(=O)(O)OC[C@@H](COC(=O)CCCCCCC)OC(=O)CCCCCCCCCCCC(C)C)OC(=O)CCCCCCCCCCCCCCCCCCCCC(C)CC. The lowest BCUT2D eigenvalue weighted by Crippen LogP contribution is -2.30. The third-order valence-electron chi connectivity index (χ3n) is 17.3. The Morgan fingerprint density at radius 2 is 0.554 bits per heavy atom. The Bertz CT molecular complexity index is 1790. The van der Waals surface area contributed by atoms with Crippen molar-refractivity contribution in [2.45, 2.75) is 394 Å². The average Bonchev–Trinajstić information content (AvgIpc) is 3.20. The first-order chi connectivity index (χ1) is 44.4. The Morgan fingerprint density at radius 3 is 0.826 bits per heavy atom. The van der Waals surface area contributed by atoms with E-state index in [1.54, 1.807) is 0 Å². The highest BCUT2D eigenvalue weighted by atomic mass is 31.2. The third kappa shape index (κ3) is 65.4. The van der Waals surface area contributed by atoms with E-state index in [9.17, 15) is 43.2 Å². The third-order valence-corrected chi connectivity index (χ3v) is 19.2. The topological polar surface area (TPSA) is 237 Å². The smallest absolute Gasteiger partial charge is 0.462 e. The normalized spacial score (nSPS) is 14.4. The van der Waals surface area contributed by atoms with Gasteiger partial charge in [0.15, 0.2) is 12.2 Å². The highest BCUT2D eigenvalue weighted by Crippen LogP contribution is 2.45. The van der Waals surface area contributed by atoms with E-state index in [0.29, 0.717) is 25.7 Å². The zero-order chi connectivity index (χ0) is 67.9. The van der Waals surface area contributed by atoms with Crippen LogP contribution in [-0.4, -0.2) is 96.7 Å². The number of aliphatic hydroxyl groups is 1.